The van der Waals surface area contributed by atoms with E-state index in [0.717, 1.165) is 51.1 Å². The van der Waals surface area contributed by atoms with Crippen molar-refractivity contribution in [3.05, 3.63) is 53.9 Å². The van der Waals surface area contributed by atoms with Crippen LogP contribution in [-0.2, 0) is 17.8 Å². The average Bonchev–Trinajstić information content (AvgIpc) is 3.18. The van der Waals surface area contributed by atoms with Crippen LogP contribution in [0.25, 0.3) is 0 Å². The Labute approximate surface area is 173 Å². The van der Waals surface area contributed by atoms with Crippen molar-refractivity contribution in [3.8, 4) is 0 Å². The van der Waals surface area contributed by atoms with Crippen LogP contribution in [0.15, 0.2) is 42.6 Å². The van der Waals surface area contributed by atoms with E-state index in [9.17, 15) is 4.79 Å². The summed E-state index contributed by atoms with van der Waals surface area (Å²) in [6.07, 6.45) is 7.67. The van der Waals surface area contributed by atoms with Gasteiger partial charge < -0.3 is 10.2 Å². The Bertz CT molecular complexity index is 734. The molecule has 2 aliphatic heterocycles. The van der Waals surface area contributed by atoms with Crippen LogP contribution >= 0.6 is 12.4 Å². The van der Waals surface area contributed by atoms with Gasteiger partial charge in [0.25, 0.3) is 0 Å². The van der Waals surface area contributed by atoms with Crippen molar-refractivity contribution in [2.75, 3.05) is 26.2 Å². The lowest BCUT2D eigenvalue weighted by Crippen LogP contribution is -2.40. The second-order valence-electron chi connectivity index (χ2n) is 8.00. The van der Waals surface area contributed by atoms with Crippen LogP contribution in [0, 0.1) is 5.92 Å². The minimum absolute atomic E-state index is 0. The van der Waals surface area contributed by atoms with E-state index in [1.54, 1.807) is 0 Å². The van der Waals surface area contributed by atoms with Crippen LogP contribution in [0.5, 0.6) is 0 Å². The molecule has 0 bridgehead atoms. The Kier molecular flexibility index (Phi) is 7.51. The van der Waals surface area contributed by atoms with Crippen molar-refractivity contribution < 1.29 is 4.79 Å². The van der Waals surface area contributed by atoms with Gasteiger partial charge in [0.15, 0.2) is 0 Å². The second kappa shape index (κ2) is 10.1. The standard InChI is InChI=1S/C22H30N4O.ClH/c27-22(17-26-14-10-21(24-26)20-7-4-11-23-16-20)25-12-8-19(9-13-25)15-18-5-2-1-3-6-18;/h1-3,5-6,10,14,19-20,23H,4,7-9,11-13,15-17H2;1H. The highest BCUT2D eigenvalue weighted by molar-refractivity contribution is 5.85. The van der Waals surface area contributed by atoms with E-state index in [1.165, 1.54) is 18.4 Å². The van der Waals surface area contributed by atoms with E-state index in [0.29, 0.717) is 18.4 Å². The van der Waals surface area contributed by atoms with E-state index in [2.05, 4.69) is 46.8 Å². The van der Waals surface area contributed by atoms with Crippen LogP contribution in [0.3, 0.4) is 0 Å². The normalized spacial score (nSPS) is 20.6. The third-order valence-electron chi connectivity index (χ3n) is 6.01. The molecule has 5 nitrogen and oxygen atoms in total. The number of aromatic nitrogens is 2. The SMILES string of the molecule is Cl.O=C(Cn1ccc(C2CCCNC2)n1)N1CCC(Cc2ccccc2)CC1. The Morgan fingerprint density at radius 3 is 2.61 bits per heavy atom. The van der Waals surface area contributed by atoms with E-state index >= 15 is 0 Å². The molecule has 2 aromatic rings. The molecule has 0 radical (unpaired) electrons. The number of likely N-dealkylation sites (tertiary alicyclic amines) is 1. The maximum absolute atomic E-state index is 12.7. The first-order valence-electron chi connectivity index (χ1n) is 10.3. The summed E-state index contributed by atoms with van der Waals surface area (Å²) < 4.78 is 1.82. The molecule has 1 aromatic heterocycles. The van der Waals surface area contributed by atoms with E-state index in [-0.39, 0.29) is 18.3 Å². The summed E-state index contributed by atoms with van der Waals surface area (Å²) >= 11 is 0. The number of hydrogen-bond acceptors (Lipinski definition) is 3. The van der Waals surface area contributed by atoms with Crippen molar-refractivity contribution in [2.45, 2.75) is 44.6 Å². The van der Waals surface area contributed by atoms with Gasteiger partial charge in [0.1, 0.15) is 6.54 Å². The second-order valence-corrected chi connectivity index (χ2v) is 8.00. The number of halogens is 1. The quantitative estimate of drug-likeness (QED) is 0.835. The van der Waals surface area contributed by atoms with Crippen LogP contribution in [0.4, 0.5) is 0 Å². The van der Waals surface area contributed by atoms with Crippen molar-refractivity contribution in [1.82, 2.24) is 20.0 Å². The Morgan fingerprint density at radius 1 is 1.11 bits per heavy atom. The molecule has 2 fully saturated rings. The van der Waals surface area contributed by atoms with E-state index < -0.39 is 0 Å². The summed E-state index contributed by atoms with van der Waals surface area (Å²) in [5.41, 5.74) is 2.53. The van der Waals surface area contributed by atoms with Crippen molar-refractivity contribution in [2.24, 2.45) is 5.92 Å². The molecule has 1 unspecified atom stereocenters. The number of piperidine rings is 2. The topological polar surface area (TPSA) is 50.2 Å². The number of hydrogen-bond donors (Lipinski definition) is 1. The highest BCUT2D eigenvalue weighted by Crippen LogP contribution is 2.23. The van der Waals surface area contributed by atoms with Gasteiger partial charge in [0.2, 0.25) is 5.91 Å². The minimum atomic E-state index is 0. The molecule has 1 N–H and O–H groups in total. The zero-order chi connectivity index (χ0) is 18.5. The summed E-state index contributed by atoms with van der Waals surface area (Å²) in [6, 6.07) is 12.8. The first-order valence-corrected chi connectivity index (χ1v) is 10.3. The Morgan fingerprint density at radius 2 is 1.89 bits per heavy atom. The molecule has 2 saturated heterocycles. The van der Waals surface area contributed by atoms with E-state index in [4.69, 9.17) is 0 Å². The molecule has 1 atom stereocenters. The maximum Gasteiger partial charge on any atom is 0.244 e. The molecule has 4 rings (SSSR count). The van der Waals surface area contributed by atoms with Crippen LogP contribution < -0.4 is 5.32 Å². The molecule has 28 heavy (non-hydrogen) atoms. The highest BCUT2D eigenvalue weighted by Gasteiger charge is 2.24. The Hall–Kier alpha value is -1.85. The predicted octanol–water partition coefficient (Wildman–Crippen LogP) is 3.25. The molecule has 0 saturated carbocycles. The molecule has 0 aliphatic carbocycles. The van der Waals surface area contributed by atoms with Gasteiger partial charge >= 0.3 is 0 Å². The van der Waals surface area contributed by atoms with Gasteiger partial charge in [-0.2, -0.15) is 5.10 Å². The molecule has 152 valence electrons. The van der Waals surface area contributed by atoms with Gasteiger partial charge in [0.05, 0.1) is 5.69 Å². The van der Waals surface area contributed by atoms with Gasteiger partial charge in [-0.05, 0) is 56.2 Å². The average molecular weight is 403 g/mol. The number of nitrogens with one attached hydrogen (secondary N) is 1. The third kappa shape index (κ3) is 5.36. The van der Waals surface area contributed by atoms with E-state index in [1.807, 2.05) is 15.8 Å². The van der Waals surface area contributed by atoms with Crippen molar-refractivity contribution in [1.29, 1.82) is 0 Å². The molecule has 1 amide bonds. The molecular formula is C22H31ClN4O. The molecular weight excluding hydrogens is 372 g/mol. The zero-order valence-corrected chi connectivity index (χ0v) is 17.2. The zero-order valence-electron chi connectivity index (χ0n) is 16.4. The fourth-order valence-corrected chi connectivity index (χ4v) is 4.36. The maximum atomic E-state index is 12.7. The van der Waals surface area contributed by atoms with Crippen molar-refractivity contribution >= 4 is 18.3 Å². The first kappa shape index (κ1) is 20.9. The number of carbonyl (C=O) groups is 1. The summed E-state index contributed by atoms with van der Waals surface area (Å²) in [6.45, 7) is 4.22. The van der Waals surface area contributed by atoms with Gasteiger partial charge in [-0.3, -0.25) is 9.48 Å². The van der Waals surface area contributed by atoms with Gasteiger partial charge in [-0.15, -0.1) is 12.4 Å². The summed E-state index contributed by atoms with van der Waals surface area (Å²) in [4.78, 5) is 14.7. The fraction of sp³-hybridized carbons (Fsp3) is 0.545. The lowest BCUT2D eigenvalue weighted by atomic mass is 9.90. The molecule has 6 heteroatoms. The molecule has 3 heterocycles. The monoisotopic (exact) mass is 402 g/mol. The number of amides is 1. The van der Waals surface area contributed by atoms with Gasteiger partial charge in [0, 0.05) is 31.7 Å². The lowest BCUT2D eigenvalue weighted by Gasteiger charge is -2.32. The Balaban J connectivity index is 0.00000225. The summed E-state index contributed by atoms with van der Waals surface area (Å²) in [5.74, 6) is 1.37. The number of benzene rings is 1. The molecule has 2 aliphatic rings. The third-order valence-corrected chi connectivity index (χ3v) is 6.01. The first-order chi connectivity index (χ1) is 13.3. The number of carbonyl (C=O) groups excluding carboxylic acids is 1. The number of nitrogens with zero attached hydrogens (tertiary/aromatic N) is 3. The van der Waals surface area contributed by atoms with Crippen molar-refractivity contribution in [3.63, 3.8) is 0 Å². The van der Waals surface area contributed by atoms with Gasteiger partial charge in [-0.1, -0.05) is 30.3 Å². The predicted molar refractivity (Wildman–Crippen MR) is 114 cm³/mol. The summed E-state index contributed by atoms with van der Waals surface area (Å²) in [7, 11) is 0. The summed E-state index contributed by atoms with van der Waals surface area (Å²) in [5, 5.41) is 8.10. The highest BCUT2D eigenvalue weighted by atomic mass is 35.5. The van der Waals surface area contributed by atoms with Crippen LogP contribution in [0.2, 0.25) is 0 Å². The largest absolute Gasteiger partial charge is 0.341 e. The fourth-order valence-electron chi connectivity index (χ4n) is 4.36. The lowest BCUT2D eigenvalue weighted by molar-refractivity contribution is -0.133. The number of rotatable bonds is 5. The molecule has 0 spiro atoms. The van der Waals surface area contributed by atoms with Crippen LogP contribution in [0.1, 0.15) is 42.9 Å². The molecule has 1 aromatic carbocycles. The van der Waals surface area contributed by atoms with Crippen LogP contribution in [-0.4, -0.2) is 46.8 Å². The smallest absolute Gasteiger partial charge is 0.244 e. The minimum Gasteiger partial charge on any atom is -0.341 e. The van der Waals surface area contributed by atoms with Gasteiger partial charge in [-0.25, -0.2) is 0 Å².